The maximum absolute atomic E-state index is 13.1. The monoisotopic (exact) mass is 711 g/mol. The predicted molar refractivity (Wildman–Crippen MR) is 191 cm³/mol. The minimum absolute atomic E-state index is 0.0774. The highest BCUT2D eigenvalue weighted by molar-refractivity contribution is 7.88. The molecule has 3 heterocycles. The Balaban J connectivity index is 1.14. The number of aryl methyl sites for hydroxylation is 1. The molecule has 1 aliphatic rings. The first-order valence-electron chi connectivity index (χ1n) is 16.6. The molecule has 4 aromatic rings. The maximum atomic E-state index is 13.1. The normalized spacial score (nSPS) is 14.7. The fraction of sp³-hybridized carbons (Fsp3) is 0.471. The van der Waals surface area contributed by atoms with Crippen LogP contribution in [0.3, 0.4) is 0 Å². The predicted octanol–water partition coefficient (Wildman–Crippen LogP) is 3.96. The van der Waals surface area contributed by atoms with Crippen LogP contribution >= 0.6 is 0 Å². The molecule has 3 N–H and O–H groups in total. The zero-order valence-electron chi connectivity index (χ0n) is 28.4. The quantitative estimate of drug-likeness (QED) is 0.155. The van der Waals surface area contributed by atoms with Gasteiger partial charge in [-0.3, -0.25) is 9.69 Å². The molecule has 1 aliphatic heterocycles. The Bertz CT molecular complexity index is 2050. The molecule has 15 heteroatoms. The molecule has 0 atom stereocenters. The Kier molecular flexibility index (Phi) is 11.4. The van der Waals surface area contributed by atoms with Crippen molar-refractivity contribution in [3.8, 4) is 6.07 Å². The topological polar surface area (TPSA) is 170 Å². The lowest BCUT2D eigenvalue weighted by atomic mass is 10.1. The smallest absolute Gasteiger partial charge is 0.305 e. The summed E-state index contributed by atoms with van der Waals surface area (Å²) in [6, 6.07) is 14.5. The number of hydrogen-bond donors (Lipinski definition) is 3. The standard InChI is InChI=1S/C34H45N7O6S2/c1-24(2)21-36-48(43,44)38-34(42)33-19-28-18-29(9-11-32(28)47-33)40-15-13-39(14-16-40)12-6-5-7-27-23-41(49(45,46)37-22-25(3)4)31-10-8-26(20-35)17-30(27)31/h8-11,17-19,23-25,36-37H,5-7,12-16,21-22H2,1-4H3,(H,38,42). The summed E-state index contributed by atoms with van der Waals surface area (Å²) in [5.41, 5.74) is 3.47. The maximum Gasteiger partial charge on any atom is 0.305 e. The Hall–Kier alpha value is -3.94. The number of nitrogens with one attached hydrogen (secondary N) is 3. The van der Waals surface area contributed by atoms with E-state index in [1.165, 1.54) is 3.97 Å². The van der Waals surface area contributed by atoms with Gasteiger partial charge in [-0.1, -0.05) is 27.7 Å². The lowest BCUT2D eigenvalue weighted by molar-refractivity contribution is 0.0956. The van der Waals surface area contributed by atoms with Gasteiger partial charge in [-0.05, 0) is 85.7 Å². The first kappa shape index (κ1) is 36.3. The van der Waals surface area contributed by atoms with Gasteiger partial charge in [0.25, 0.3) is 0 Å². The number of fused-ring (bicyclic) bond motifs is 2. The van der Waals surface area contributed by atoms with Crippen molar-refractivity contribution in [2.45, 2.75) is 47.0 Å². The number of amides is 1. The van der Waals surface area contributed by atoms with Crippen LogP contribution in [0.2, 0.25) is 0 Å². The Morgan fingerprint density at radius 3 is 2.33 bits per heavy atom. The van der Waals surface area contributed by atoms with E-state index < -0.39 is 26.3 Å². The summed E-state index contributed by atoms with van der Waals surface area (Å²) in [4.78, 5) is 17.3. The number of nitriles is 1. The summed E-state index contributed by atoms with van der Waals surface area (Å²) >= 11 is 0. The van der Waals surface area contributed by atoms with Crippen molar-refractivity contribution in [1.29, 1.82) is 5.26 Å². The van der Waals surface area contributed by atoms with Gasteiger partial charge in [-0.25, -0.2) is 8.69 Å². The molecule has 0 saturated carbocycles. The zero-order chi connectivity index (χ0) is 35.3. The van der Waals surface area contributed by atoms with E-state index in [-0.39, 0.29) is 24.1 Å². The first-order valence-corrected chi connectivity index (χ1v) is 19.5. The van der Waals surface area contributed by atoms with Crippen molar-refractivity contribution in [1.82, 2.24) is 23.0 Å². The number of nitrogens with zero attached hydrogens (tertiary/aromatic N) is 4. The van der Waals surface area contributed by atoms with E-state index in [2.05, 4.69) is 25.3 Å². The number of benzene rings is 2. The number of anilines is 1. The second-order valence-electron chi connectivity index (χ2n) is 13.3. The minimum Gasteiger partial charge on any atom is -0.451 e. The van der Waals surface area contributed by atoms with Gasteiger partial charge in [-0.15, -0.1) is 0 Å². The second kappa shape index (κ2) is 15.3. The summed E-state index contributed by atoms with van der Waals surface area (Å²) in [5, 5.41) is 10.9. The summed E-state index contributed by atoms with van der Waals surface area (Å²) in [5.74, 6) is -0.644. The van der Waals surface area contributed by atoms with E-state index in [9.17, 15) is 26.9 Å². The van der Waals surface area contributed by atoms with Gasteiger partial charge in [0, 0.05) is 61.9 Å². The molecule has 1 saturated heterocycles. The van der Waals surface area contributed by atoms with Crippen LogP contribution in [0.5, 0.6) is 0 Å². The molecule has 0 aliphatic carbocycles. The summed E-state index contributed by atoms with van der Waals surface area (Å²) in [7, 11) is -7.75. The van der Waals surface area contributed by atoms with Crippen LogP contribution in [0.4, 0.5) is 5.69 Å². The molecule has 0 spiro atoms. The Morgan fingerprint density at radius 2 is 1.63 bits per heavy atom. The van der Waals surface area contributed by atoms with Gasteiger partial charge >= 0.3 is 26.3 Å². The summed E-state index contributed by atoms with van der Waals surface area (Å²) in [6.07, 6.45) is 4.20. The Morgan fingerprint density at radius 1 is 0.918 bits per heavy atom. The number of hydrogen-bond acceptors (Lipinski definition) is 9. The third-order valence-corrected chi connectivity index (χ3v) is 10.8. The summed E-state index contributed by atoms with van der Waals surface area (Å²) < 4.78 is 64.5. The molecular weight excluding hydrogens is 667 g/mol. The van der Waals surface area contributed by atoms with Crippen molar-refractivity contribution >= 4 is 53.9 Å². The lowest BCUT2D eigenvalue weighted by Crippen LogP contribution is -2.46. The van der Waals surface area contributed by atoms with Crippen molar-refractivity contribution in [2.75, 3.05) is 50.7 Å². The van der Waals surface area contributed by atoms with Gasteiger partial charge in [0.2, 0.25) is 0 Å². The van der Waals surface area contributed by atoms with Gasteiger partial charge in [0.15, 0.2) is 5.76 Å². The largest absolute Gasteiger partial charge is 0.451 e. The molecule has 5 rings (SSSR count). The van der Waals surface area contributed by atoms with Crippen LogP contribution in [0.15, 0.2) is 53.1 Å². The number of rotatable bonds is 15. The van der Waals surface area contributed by atoms with Crippen molar-refractivity contribution in [2.24, 2.45) is 11.8 Å². The number of furan rings is 1. The number of carbonyl (C=O) groups is 1. The first-order chi connectivity index (χ1) is 23.2. The molecule has 2 aromatic heterocycles. The molecule has 2 aromatic carbocycles. The van der Waals surface area contributed by atoms with Crippen LogP contribution < -0.4 is 19.1 Å². The van der Waals surface area contributed by atoms with Crippen LogP contribution in [-0.2, 0) is 26.8 Å². The van der Waals surface area contributed by atoms with E-state index in [1.54, 1.807) is 36.5 Å². The second-order valence-corrected chi connectivity index (χ2v) is 16.5. The fourth-order valence-electron chi connectivity index (χ4n) is 5.78. The van der Waals surface area contributed by atoms with E-state index in [0.29, 0.717) is 35.0 Å². The molecule has 13 nitrogen and oxygen atoms in total. The third-order valence-electron chi connectivity index (χ3n) is 8.46. The highest BCUT2D eigenvalue weighted by Crippen LogP contribution is 2.28. The molecule has 0 unspecified atom stereocenters. The number of unbranched alkanes of at least 4 members (excludes halogenated alkanes) is 1. The van der Waals surface area contributed by atoms with E-state index in [4.69, 9.17) is 4.42 Å². The van der Waals surface area contributed by atoms with Crippen molar-refractivity contribution < 1.29 is 26.0 Å². The highest BCUT2D eigenvalue weighted by atomic mass is 32.2. The average molecular weight is 712 g/mol. The number of aromatic nitrogens is 1. The SMILES string of the molecule is CC(C)CNS(=O)(=O)NC(=O)c1cc2cc(N3CCN(CCCCc4cn(S(=O)(=O)NCC(C)C)c5ccc(C#N)cc45)CC3)ccc2o1. The van der Waals surface area contributed by atoms with E-state index >= 15 is 0 Å². The van der Waals surface area contributed by atoms with Gasteiger partial charge in [0.05, 0.1) is 17.1 Å². The average Bonchev–Trinajstić information content (AvgIpc) is 3.67. The minimum atomic E-state index is -3.99. The molecule has 264 valence electrons. The highest BCUT2D eigenvalue weighted by Gasteiger charge is 2.22. The molecule has 1 amide bonds. The molecular formula is C34H45N7O6S2. The lowest BCUT2D eigenvalue weighted by Gasteiger charge is -2.36. The van der Waals surface area contributed by atoms with E-state index in [1.807, 2.05) is 44.5 Å². The van der Waals surface area contributed by atoms with Gasteiger partial charge in [0.1, 0.15) is 5.58 Å². The van der Waals surface area contributed by atoms with Crippen molar-refractivity contribution in [3.63, 3.8) is 0 Å². The van der Waals surface area contributed by atoms with Crippen molar-refractivity contribution in [3.05, 3.63) is 65.5 Å². The van der Waals surface area contributed by atoms with Crippen LogP contribution in [0.1, 0.15) is 62.2 Å². The molecule has 0 radical (unpaired) electrons. The summed E-state index contributed by atoms with van der Waals surface area (Å²) in [6.45, 7) is 12.5. The van der Waals surface area contributed by atoms with Crippen LogP contribution in [0.25, 0.3) is 21.9 Å². The molecule has 1 fully saturated rings. The molecule has 49 heavy (non-hydrogen) atoms. The Labute approximate surface area is 288 Å². The number of piperazine rings is 1. The number of carbonyl (C=O) groups excluding carboxylic acids is 1. The van der Waals surface area contributed by atoms with Crippen LogP contribution in [0, 0.1) is 23.2 Å². The third kappa shape index (κ3) is 9.20. The fourth-order valence-corrected chi connectivity index (χ4v) is 8.12. The zero-order valence-corrected chi connectivity index (χ0v) is 30.0. The van der Waals surface area contributed by atoms with Gasteiger partial charge in [-0.2, -0.15) is 31.5 Å². The van der Waals surface area contributed by atoms with Gasteiger partial charge < -0.3 is 9.32 Å². The van der Waals surface area contributed by atoms with Crippen LogP contribution in [-0.4, -0.2) is 77.4 Å². The molecule has 0 bridgehead atoms. The van der Waals surface area contributed by atoms with E-state index in [0.717, 1.165) is 62.2 Å².